The Kier molecular flexibility index (Phi) is 6.55. The largest absolute Gasteiger partial charge is 0.491 e. The highest BCUT2D eigenvalue weighted by molar-refractivity contribution is 5.97. The number of aryl methyl sites for hydroxylation is 2. The van der Waals surface area contributed by atoms with Gasteiger partial charge in [0.15, 0.2) is 0 Å². The molecule has 6 heteroatoms. The monoisotopic (exact) mass is 469 g/mol. The summed E-state index contributed by atoms with van der Waals surface area (Å²) in [6.07, 6.45) is 0.653. The number of aromatic nitrogens is 2. The molecule has 2 atom stereocenters. The number of hydrogen-bond acceptors (Lipinski definition) is 4. The number of amides is 1. The van der Waals surface area contributed by atoms with Crippen LogP contribution in [0, 0.1) is 6.92 Å². The van der Waals surface area contributed by atoms with Crippen molar-refractivity contribution in [3.05, 3.63) is 89.7 Å². The number of ether oxygens (including phenoxy) is 1. The van der Waals surface area contributed by atoms with Gasteiger partial charge in [-0.2, -0.15) is 0 Å². The molecule has 35 heavy (non-hydrogen) atoms. The van der Waals surface area contributed by atoms with Gasteiger partial charge in [-0.1, -0.05) is 49.4 Å². The Morgan fingerprint density at radius 3 is 2.57 bits per heavy atom. The molecule has 3 aromatic carbocycles. The number of imidazole rings is 1. The summed E-state index contributed by atoms with van der Waals surface area (Å²) in [5, 5.41) is 10.9. The van der Waals surface area contributed by atoms with Gasteiger partial charge < -0.3 is 19.3 Å². The minimum absolute atomic E-state index is 0.0517. The molecule has 0 radical (unpaired) electrons. The van der Waals surface area contributed by atoms with Crippen molar-refractivity contribution < 1.29 is 14.6 Å². The number of carbonyl (C=O) groups is 1. The maximum atomic E-state index is 13.0. The molecule has 2 heterocycles. The summed E-state index contributed by atoms with van der Waals surface area (Å²) in [6, 6.07) is 23.8. The first-order valence-corrected chi connectivity index (χ1v) is 12.2. The van der Waals surface area contributed by atoms with Crippen LogP contribution < -0.4 is 9.64 Å². The molecule has 1 amide bonds. The molecule has 0 aliphatic carbocycles. The van der Waals surface area contributed by atoms with Gasteiger partial charge in [-0.3, -0.25) is 4.79 Å². The summed E-state index contributed by atoms with van der Waals surface area (Å²) in [5.41, 5.74) is 5.10. The predicted octanol–water partition coefficient (Wildman–Crippen LogP) is 4.87. The third-order valence-corrected chi connectivity index (χ3v) is 6.75. The van der Waals surface area contributed by atoms with E-state index in [1.807, 2.05) is 84.6 Å². The van der Waals surface area contributed by atoms with Gasteiger partial charge in [0.1, 0.15) is 24.3 Å². The van der Waals surface area contributed by atoms with E-state index < -0.39 is 6.10 Å². The van der Waals surface area contributed by atoms with Crippen LogP contribution in [0.25, 0.3) is 11.0 Å². The second-order valence-electron chi connectivity index (χ2n) is 9.22. The summed E-state index contributed by atoms with van der Waals surface area (Å²) in [6.45, 7) is 5.24. The Balaban J connectivity index is 1.36. The van der Waals surface area contributed by atoms with E-state index in [1.54, 1.807) is 0 Å². The minimum Gasteiger partial charge on any atom is -0.491 e. The maximum Gasteiger partial charge on any atom is 0.227 e. The molecule has 1 saturated heterocycles. The Bertz CT molecular complexity index is 1330. The molecule has 1 N–H and O–H groups in total. The molecule has 0 unspecified atom stereocenters. The zero-order chi connectivity index (χ0) is 24.4. The highest BCUT2D eigenvalue weighted by atomic mass is 16.5. The van der Waals surface area contributed by atoms with Crippen LogP contribution >= 0.6 is 0 Å². The lowest BCUT2D eigenvalue weighted by Crippen LogP contribution is -2.27. The minimum atomic E-state index is -0.721. The van der Waals surface area contributed by atoms with Crippen molar-refractivity contribution >= 4 is 22.6 Å². The van der Waals surface area contributed by atoms with Gasteiger partial charge in [0, 0.05) is 24.6 Å². The number of anilines is 1. The van der Waals surface area contributed by atoms with Gasteiger partial charge in [-0.15, -0.1) is 0 Å². The number of aliphatic hydroxyl groups excluding tert-OH is 1. The Morgan fingerprint density at radius 2 is 1.80 bits per heavy atom. The molecule has 180 valence electrons. The van der Waals surface area contributed by atoms with Gasteiger partial charge in [0.25, 0.3) is 0 Å². The normalized spacial score (nSPS) is 16.7. The molecule has 5 rings (SSSR count). The lowest BCUT2D eigenvalue weighted by Gasteiger charge is -2.20. The van der Waals surface area contributed by atoms with Crippen molar-refractivity contribution in [1.29, 1.82) is 0 Å². The van der Waals surface area contributed by atoms with E-state index in [-0.39, 0.29) is 18.4 Å². The van der Waals surface area contributed by atoms with E-state index in [1.165, 1.54) is 5.56 Å². The number of para-hydroxylation sites is 3. The fourth-order valence-corrected chi connectivity index (χ4v) is 4.85. The van der Waals surface area contributed by atoms with Crippen LogP contribution in [0.3, 0.4) is 0 Å². The molecule has 1 aromatic heterocycles. The van der Waals surface area contributed by atoms with E-state index in [9.17, 15) is 9.90 Å². The van der Waals surface area contributed by atoms with Crippen molar-refractivity contribution in [1.82, 2.24) is 9.55 Å². The van der Waals surface area contributed by atoms with Crippen LogP contribution in [0.15, 0.2) is 72.8 Å². The summed E-state index contributed by atoms with van der Waals surface area (Å²) in [4.78, 5) is 19.8. The van der Waals surface area contributed by atoms with Crippen molar-refractivity contribution in [3.63, 3.8) is 0 Å². The highest BCUT2D eigenvalue weighted by Gasteiger charge is 2.35. The summed E-state index contributed by atoms with van der Waals surface area (Å²) in [5.74, 6) is 1.63. The Morgan fingerprint density at radius 1 is 1.06 bits per heavy atom. The van der Waals surface area contributed by atoms with Gasteiger partial charge >= 0.3 is 0 Å². The number of nitrogens with zero attached hydrogens (tertiary/aromatic N) is 3. The standard InChI is InChI=1S/C29H31N3O3/c1-3-21-12-14-24(15-13-21)35-19-23(33)18-32-27-11-7-5-9-25(27)30-29(32)22-16-28(34)31(17-22)26-10-6-4-8-20(26)2/h4-15,22-23,33H,3,16-19H2,1-2H3/t22-,23-/m0/s1. The molecule has 0 spiro atoms. The molecule has 6 nitrogen and oxygen atoms in total. The van der Waals surface area contributed by atoms with Gasteiger partial charge in [-0.05, 0) is 54.8 Å². The molecule has 0 saturated carbocycles. The zero-order valence-electron chi connectivity index (χ0n) is 20.2. The average Bonchev–Trinajstić information content (AvgIpc) is 3.44. The summed E-state index contributed by atoms with van der Waals surface area (Å²) >= 11 is 0. The first-order valence-electron chi connectivity index (χ1n) is 12.2. The van der Waals surface area contributed by atoms with E-state index in [2.05, 4.69) is 11.5 Å². The van der Waals surface area contributed by atoms with Crippen LogP contribution in [0.4, 0.5) is 5.69 Å². The average molecular weight is 470 g/mol. The number of benzene rings is 3. The number of hydrogen-bond donors (Lipinski definition) is 1. The maximum absolute atomic E-state index is 13.0. The SMILES string of the molecule is CCc1ccc(OC[C@@H](O)Cn2c([C@H]3CC(=O)N(c4ccccc4C)C3)nc3ccccc32)cc1. The van der Waals surface area contributed by atoms with Crippen LogP contribution in [-0.4, -0.2) is 39.8 Å². The molecular formula is C29H31N3O3. The van der Waals surface area contributed by atoms with Crippen LogP contribution in [0.1, 0.15) is 36.2 Å². The molecule has 1 fully saturated rings. The van der Waals surface area contributed by atoms with Crippen molar-refractivity contribution in [2.24, 2.45) is 0 Å². The topological polar surface area (TPSA) is 67.6 Å². The number of rotatable bonds is 8. The second kappa shape index (κ2) is 9.92. The third-order valence-electron chi connectivity index (χ3n) is 6.75. The number of aliphatic hydroxyl groups is 1. The van der Waals surface area contributed by atoms with E-state index in [0.717, 1.165) is 40.3 Å². The summed E-state index contributed by atoms with van der Waals surface area (Å²) < 4.78 is 7.91. The number of carbonyl (C=O) groups excluding carboxylic acids is 1. The van der Waals surface area contributed by atoms with E-state index >= 15 is 0 Å². The molecule has 1 aliphatic rings. The van der Waals surface area contributed by atoms with Crippen LogP contribution in [0.5, 0.6) is 5.75 Å². The predicted molar refractivity (Wildman–Crippen MR) is 138 cm³/mol. The van der Waals surface area contributed by atoms with Gasteiger partial charge in [0.05, 0.1) is 17.6 Å². The van der Waals surface area contributed by atoms with Gasteiger partial charge in [0.2, 0.25) is 5.91 Å². The first kappa shape index (κ1) is 23.1. The van der Waals surface area contributed by atoms with Gasteiger partial charge in [-0.25, -0.2) is 4.98 Å². The van der Waals surface area contributed by atoms with Crippen molar-refractivity contribution in [2.75, 3.05) is 18.1 Å². The highest BCUT2D eigenvalue weighted by Crippen LogP contribution is 2.34. The van der Waals surface area contributed by atoms with Crippen LogP contribution in [0.2, 0.25) is 0 Å². The lowest BCUT2D eigenvalue weighted by molar-refractivity contribution is -0.117. The second-order valence-corrected chi connectivity index (χ2v) is 9.22. The molecular weight excluding hydrogens is 438 g/mol. The molecule has 1 aliphatic heterocycles. The fraction of sp³-hybridized carbons (Fsp3) is 0.310. The molecule has 0 bridgehead atoms. The smallest absolute Gasteiger partial charge is 0.227 e. The fourth-order valence-electron chi connectivity index (χ4n) is 4.85. The zero-order valence-corrected chi connectivity index (χ0v) is 20.2. The third kappa shape index (κ3) is 4.80. The quantitative estimate of drug-likeness (QED) is 0.400. The molecule has 4 aromatic rings. The number of fused-ring (bicyclic) bond motifs is 1. The van der Waals surface area contributed by atoms with Crippen molar-refractivity contribution in [2.45, 2.75) is 45.3 Å². The Hall–Kier alpha value is -3.64. The Labute approximate surface area is 205 Å². The lowest BCUT2D eigenvalue weighted by atomic mass is 10.1. The van der Waals surface area contributed by atoms with E-state index in [0.29, 0.717) is 19.5 Å². The summed E-state index contributed by atoms with van der Waals surface area (Å²) in [7, 11) is 0. The van der Waals surface area contributed by atoms with Crippen LogP contribution in [-0.2, 0) is 17.8 Å². The van der Waals surface area contributed by atoms with Crippen molar-refractivity contribution in [3.8, 4) is 5.75 Å². The van der Waals surface area contributed by atoms with E-state index in [4.69, 9.17) is 9.72 Å². The first-order chi connectivity index (χ1) is 17.0.